The van der Waals surface area contributed by atoms with E-state index >= 15 is 0 Å². The van der Waals surface area contributed by atoms with Crippen LogP contribution in [0.3, 0.4) is 0 Å². The maximum atomic E-state index is 12.5. The Labute approximate surface area is 131 Å². The van der Waals surface area contributed by atoms with E-state index in [1.807, 2.05) is 12.1 Å². The third-order valence-corrected chi connectivity index (χ3v) is 10.4. The van der Waals surface area contributed by atoms with Crippen LogP contribution >= 0.6 is 0 Å². The second-order valence-corrected chi connectivity index (χ2v) is 12.0. The molecule has 3 heteroatoms. The largest absolute Gasteiger partial charge is 0.377 e. The number of nitrogens with one attached hydrogen (secondary N) is 1. The highest BCUT2D eigenvalue weighted by atomic mass is 28.3. The van der Waals surface area contributed by atoms with Crippen LogP contribution in [0.2, 0.25) is 17.6 Å². The van der Waals surface area contributed by atoms with Gasteiger partial charge in [0.1, 0.15) is 0 Å². The monoisotopic (exact) mass is 305 g/mol. The average Bonchev–Trinajstić information content (AvgIpc) is 2.45. The van der Waals surface area contributed by atoms with Crippen LogP contribution in [0.4, 0.5) is 0 Å². The normalized spacial score (nSPS) is 12.0. The summed E-state index contributed by atoms with van der Waals surface area (Å²) < 4.78 is 0. The van der Waals surface area contributed by atoms with Crippen molar-refractivity contribution in [2.75, 3.05) is 0 Å². The van der Waals surface area contributed by atoms with Gasteiger partial charge in [0.15, 0.2) is 8.24 Å². The zero-order valence-electron chi connectivity index (χ0n) is 14.5. The van der Waals surface area contributed by atoms with Crippen molar-refractivity contribution in [1.29, 1.82) is 0 Å². The Morgan fingerprint density at radius 1 is 1.10 bits per heavy atom. The summed E-state index contributed by atoms with van der Waals surface area (Å²) in [6.07, 6.45) is 3.51. The van der Waals surface area contributed by atoms with E-state index in [-0.39, 0.29) is 5.91 Å². The van der Waals surface area contributed by atoms with Crippen molar-refractivity contribution in [2.45, 2.75) is 71.5 Å². The molecule has 0 aliphatic carbocycles. The molecular formula is C18H31NOSi. The Bertz CT molecular complexity index is 443. The van der Waals surface area contributed by atoms with Crippen LogP contribution in [0, 0.1) is 0 Å². The van der Waals surface area contributed by atoms with Crippen LogP contribution in [0.25, 0.3) is 0 Å². The van der Waals surface area contributed by atoms with E-state index in [1.54, 1.807) is 0 Å². The minimum atomic E-state index is -1.78. The minimum Gasteiger partial charge on any atom is -0.377 e. The Balaban J connectivity index is 2.79. The lowest BCUT2D eigenvalue weighted by Gasteiger charge is -2.36. The van der Waals surface area contributed by atoms with Gasteiger partial charge in [-0.3, -0.25) is 4.79 Å². The summed E-state index contributed by atoms with van der Waals surface area (Å²) in [6.45, 7) is 13.4. The molecule has 0 heterocycles. The molecular weight excluding hydrogens is 274 g/mol. The van der Waals surface area contributed by atoms with Gasteiger partial charge in [-0.25, -0.2) is 0 Å². The van der Waals surface area contributed by atoms with E-state index in [2.05, 4.69) is 58.3 Å². The van der Waals surface area contributed by atoms with Crippen LogP contribution in [0.1, 0.15) is 63.4 Å². The minimum absolute atomic E-state index is 0.0913. The predicted octanol–water partition coefficient (Wildman–Crippen LogP) is 5.15. The number of amides is 1. The average molecular weight is 306 g/mol. The molecule has 1 amide bonds. The van der Waals surface area contributed by atoms with Crippen molar-refractivity contribution in [3.63, 3.8) is 0 Å². The Kier molecular flexibility index (Phi) is 6.66. The van der Waals surface area contributed by atoms with E-state index < -0.39 is 8.24 Å². The van der Waals surface area contributed by atoms with Gasteiger partial charge in [-0.2, -0.15) is 0 Å². The second-order valence-electron chi connectivity index (χ2n) is 6.85. The summed E-state index contributed by atoms with van der Waals surface area (Å²) in [4.78, 5) is 15.9. The van der Waals surface area contributed by atoms with Crippen molar-refractivity contribution in [2.24, 2.45) is 0 Å². The van der Waals surface area contributed by atoms with Gasteiger partial charge in [0.2, 0.25) is 5.91 Å². The lowest BCUT2D eigenvalue weighted by Crippen LogP contribution is -2.55. The SMILES string of the molecule is CCCCc1ccc(C(=O)N[Si](C)(C(C)C)C(C)C)cc1. The molecule has 0 saturated heterocycles. The molecule has 0 radical (unpaired) electrons. The quantitative estimate of drug-likeness (QED) is 0.693. The highest BCUT2D eigenvalue weighted by Gasteiger charge is 2.36. The molecule has 0 spiro atoms. The fraction of sp³-hybridized carbons (Fsp3) is 0.611. The molecule has 21 heavy (non-hydrogen) atoms. The first-order valence-corrected chi connectivity index (χ1v) is 10.9. The molecule has 0 atom stereocenters. The Morgan fingerprint density at radius 2 is 1.62 bits per heavy atom. The molecule has 1 aromatic rings. The fourth-order valence-electron chi connectivity index (χ4n) is 2.48. The molecule has 2 nitrogen and oxygen atoms in total. The van der Waals surface area contributed by atoms with Gasteiger partial charge in [-0.15, -0.1) is 0 Å². The third kappa shape index (κ3) is 4.70. The molecule has 0 fully saturated rings. The third-order valence-electron chi connectivity index (χ3n) is 4.82. The molecule has 0 saturated carbocycles. The van der Waals surface area contributed by atoms with Gasteiger partial charge < -0.3 is 4.98 Å². The van der Waals surface area contributed by atoms with Crippen LogP contribution in [-0.4, -0.2) is 14.1 Å². The number of hydrogen-bond acceptors (Lipinski definition) is 1. The second kappa shape index (κ2) is 7.78. The molecule has 0 aliphatic heterocycles. The fourth-order valence-corrected chi connectivity index (χ4v) is 5.02. The van der Waals surface area contributed by atoms with Crippen molar-refractivity contribution in [3.05, 3.63) is 35.4 Å². The van der Waals surface area contributed by atoms with Crippen molar-refractivity contribution < 1.29 is 4.79 Å². The van der Waals surface area contributed by atoms with Crippen molar-refractivity contribution in [3.8, 4) is 0 Å². The summed E-state index contributed by atoms with van der Waals surface area (Å²) in [5.41, 5.74) is 3.17. The Hall–Kier alpha value is -1.09. The van der Waals surface area contributed by atoms with Gasteiger partial charge in [-0.05, 0) is 41.6 Å². The summed E-state index contributed by atoms with van der Waals surface area (Å²) in [6, 6.07) is 8.12. The summed E-state index contributed by atoms with van der Waals surface area (Å²) in [7, 11) is -1.78. The number of carbonyl (C=O) groups excluding carboxylic acids is 1. The first-order valence-electron chi connectivity index (χ1n) is 8.22. The smallest absolute Gasteiger partial charge is 0.243 e. The molecule has 1 N–H and O–H groups in total. The van der Waals surface area contributed by atoms with Gasteiger partial charge in [0.05, 0.1) is 0 Å². The molecule has 0 aliphatic rings. The zero-order valence-corrected chi connectivity index (χ0v) is 15.5. The summed E-state index contributed by atoms with van der Waals surface area (Å²) in [5, 5.41) is 0. The summed E-state index contributed by atoms with van der Waals surface area (Å²) in [5.74, 6) is 0.0913. The van der Waals surface area contributed by atoms with Gasteiger partial charge in [0.25, 0.3) is 0 Å². The predicted molar refractivity (Wildman–Crippen MR) is 94.3 cm³/mol. The number of aryl methyl sites for hydroxylation is 1. The lowest BCUT2D eigenvalue weighted by molar-refractivity contribution is 0.0976. The van der Waals surface area contributed by atoms with E-state index in [0.717, 1.165) is 12.0 Å². The molecule has 0 aromatic heterocycles. The zero-order chi connectivity index (χ0) is 16.0. The summed E-state index contributed by atoms with van der Waals surface area (Å²) >= 11 is 0. The van der Waals surface area contributed by atoms with Crippen molar-refractivity contribution >= 4 is 14.1 Å². The van der Waals surface area contributed by atoms with Crippen LogP contribution < -0.4 is 4.98 Å². The Morgan fingerprint density at radius 3 is 2.05 bits per heavy atom. The molecule has 1 rings (SSSR count). The van der Waals surface area contributed by atoms with E-state index in [1.165, 1.54) is 18.4 Å². The maximum Gasteiger partial charge on any atom is 0.243 e. The van der Waals surface area contributed by atoms with Gasteiger partial charge >= 0.3 is 0 Å². The first-order chi connectivity index (χ1) is 9.81. The van der Waals surface area contributed by atoms with Crippen molar-refractivity contribution in [1.82, 2.24) is 4.98 Å². The highest BCUT2D eigenvalue weighted by Crippen LogP contribution is 2.29. The molecule has 0 unspecified atom stereocenters. The van der Waals surface area contributed by atoms with Crippen LogP contribution in [0.15, 0.2) is 24.3 Å². The number of hydrogen-bond donors (Lipinski definition) is 1. The maximum absolute atomic E-state index is 12.5. The molecule has 1 aromatic carbocycles. The number of rotatable bonds is 7. The van der Waals surface area contributed by atoms with E-state index in [0.29, 0.717) is 11.1 Å². The number of unbranched alkanes of at least 4 members (excludes halogenated alkanes) is 1. The first kappa shape index (κ1) is 18.0. The highest BCUT2D eigenvalue weighted by molar-refractivity contribution is 6.80. The topological polar surface area (TPSA) is 29.1 Å². The number of carbonyl (C=O) groups is 1. The van der Waals surface area contributed by atoms with E-state index in [9.17, 15) is 4.79 Å². The van der Waals surface area contributed by atoms with E-state index in [4.69, 9.17) is 0 Å². The van der Waals surface area contributed by atoms with Gasteiger partial charge in [-0.1, -0.05) is 59.7 Å². The molecule has 118 valence electrons. The number of benzene rings is 1. The van der Waals surface area contributed by atoms with Crippen LogP contribution in [-0.2, 0) is 6.42 Å². The lowest BCUT2D eigenvalue weighted by atomic mass is 10.1. The standard InChI is InChI=1S/C18H31NOSi/c1-7-8-9-16-10-12-17(13-11-16)18(20)19-21(6,14(2)3)15(4)5/h10-15H,7-9H2,1-6H3,(H,19,20). The molecule has 0 bridgehead atoms. The van der Waals surface area contributed by atoms with Crippen LogP contribution in [0.5, 0.6) is 0 Å². The van der Waals surface area contributed by atoms with Gasteiger partial charge in [0, 0.05) is 5.56 Å².